The van der Waals surface area contributed by atoms with Crippen molar-refractivity contribution in [3.8, 4) is 0 Å². The van der Waals surface area contributed by atoms with Crippen molar-refractivity contribution in [1.29, 1.82) is 0 Å². The van der Waals surface area contributed by atoms with Crippen LogP contribution in [0, 0.1) is 0 Å². The van der Waals surface area contributed by atoms with Gasteiger partial charge in [0.1, 0.15) is 0 Å². The molecule has 0 saturated carbocycles. The second-order valence-corrected chi connectivity index (χ2v) is 7.49. The monoisotopic (exact) mass is 303 g/mol. The third-order valence-corrected chi connectivity index (χ3v) is 6.25. The third-order valence-electron chi connectivity index (χ3n) is 3.45. The summed E-state index contributed by atoms with van der Waals surface area (Å²) < 4.78 is 29.1. The van der Waals surface area contributed by atoms with Gasteiger partial charge in [-0.3, -0.25) is 0 Å². The van der Waals surface area contributed by atoms with E-state index >= 15 is 0 Å². The highest BCUT2D eigenvalue weighted by Crippen LogP contribution is 2.23. The number of piperidine rings is 1. The van der Waals surface area contributed by atoms with Gasteiger partial charge in [0.2, 0.25) is 0 Å². The molecular formula is C12H21N3O2S2. The number of rotatable bonds is 5. The van der Waals surface area contributed by atoms with Crippen molar-refractivity contribution >= 4 is 21.5 Å². The van der Waals surface area contributed by atoms with Crippen LogP contribution in [0.15, 0.2) is 17.5 Å². The molecule has 0 aliphatic carbocycles. The van der Waals surface area contributed by atoms with Gasteiger partial charge < -0.3 is 5.73 Å². The summed E-state index contributed by atoms with van der Waals surface area (Å²) in [4.78, 5) is 1.02. The van der Waals surface area contributed by atoms with E-state index in [2.05, 4.69) is 4.72 Å². The zero-order valence-electron chi connectivity index (χ0n) is 11.1. The minimum Gasteiger partial charge on any atom is -0.329 e. The molecule has 19 heavy (non-hydrogen) atoms. The molecule has 2 atom stereocenters. The zero-order chi connectivity index (χ0) is 13.9. The van der Waals surface area contributed by atoms with Crippen molar-refractivity contribution in [3.63, 3.8) is 0 Å². The molecule has 0 aromatic carbocycles. The minimum absolute atomic E-state index is 0.0678. The standard InChI is InChI=1S/C12H21N3O2S2/c1-10(12-6-4-8-18-12)14-19(16,17)15-7-3-2-5-11(15)9-13/h4,6,8,10-11,14H,2-3,5,7,9,13H2,1H3. The fourth-order valence-corrected chi connectivity index (χ4v) is 4.88. The number of hydrogen-bond acceptors (Lipinski definition) is 4. The van der Waals surface area contributed by atoms with Crippen LogP contribution in [0.1, 0.15) is 37.1 Å². The first-order valence-electron chi connectivity index (χ1n) is 6.57. The van der Waals surface area contributed by atoms with E-state index in [0.29, 0.717) is 13.1 Å². The fraction of sp³-hybridized carbons (Fsp3) is 0.667. The molecule has 1 aliphatic rings. The first-order valence-corrected chi connectivity index (χ1v) is 8.89. The molecule has 3 N–H and O–H groups in total. The second-order valence-electron chi connectivity index (χ2n) is 4.86. The first-order chi connectivity index (χ1) is 9.04. The van der Waals surface area contributed by atoms with Crippen LogP contribution in [0.3, 0.4) is 0 Å². The molecule has 0 bridgehead atoms. The molecule has 0 spiro atoms. The summed E-state index contributed by atoms with van der Waals surface area (Å²) in [5, 5.41) is 1.95. The van der Waals surface area contributed by atoms with Gasteiger partial charge >= 0.3 is 0 Å². The van der Waals surface area contributed by atoms with Crippen molar-refractivity contribution < 1.29 is 8.42 Å². The van der Waals surface area contributed by atoms with E-state index in [0.717, 1.165) is 24.1 Å². The minimum atomic E-state index is -3.46. The number of nitrogens with two attached hydrogens (primary N) is 1. The molecule has 1 aromatic rings. The predicted octanol–water partition coefficient (Wildman–Crippen LogP) is 1.46. The van der Waals surface area contributed by atoms with E-state index in [1.807, 2.05) is 24.4 Å². The largest absolute Gasteiger partial charge is 0.329 e. The van der Waals surface area contributed by atoms with Crippen LogP contribution in [-0.2, 0) is 10.2 Å². The number of thiophene rings is 1. The summed E-state index contributed by atoms with van der Waals surface area (Å²) >= 11 is 1.55. The lowest BCUT2D eigenvalue weighted by Gasteiger charge is -2.34. The van der Waals surface area contributed by atoms with E-state index in [9.17, 15) is 8.42 Å². The van der Waals surface area contributed by atoms with Crippen molar-refractivity contribution in [2.45, 2.75) is 38.3 Å². The lowest BCUT2D eigenvalue weighted by Crippen LogP contribution is -2.51. The first kappa shape index (κ1) is 14.9. The Morgan fingerprint density at radius 3 is 3.00 bits per heavy atom. The van der Waals surface area contributed by atoms with Crippen molar-refractivity contribution in [2.75, 3.05) is 13.1 Å². The maximum Gasteiger partial charge on any atom is 0.280 e. The third kappa shape index (κ3) is 3.55. The lowest BCUT2D eigenvalue weighted by atomic mass is 10.1. The Bertz CT molecular complexity index is 487. The Morgan fingerprint density at radius 2 is 2.37 bits per heavy atom. The highest BCUT2D eigenvalue weighted by atomic mass is 32.2. The Morgan fingerprint density at radius 1 is 1.58 bits per heavy atom. The van der Waals surface area contributed by atoms with E-state index < -0.39 is 10.2 Å². The highest BCUT2D eigenvalue weighted by molar-refractivity contribution is 7.87. The van der Waals surface area contributed by atoms with Crippen LogP contribution in [-0.4, -0.2) is 31.9 Å². The van der Waals surface area contributed by atoms with Gasteiger partial charge in [-0.15, -0.1) is 11.3 Å². The highest BCUT2D eigenvalue weighted by Gasteiger charge is 2.32. The van der Waals surface area contributed by atoms with Gasteiger partial charge in [0.25, 0.3) is 10.2 Å². The summed E-state index contributed by atoms with van der Waals surface area (Å²) in [6, 6.07) is 3.59. The number of nitrogens with one attached hydrogen (secondary N) is 1. The molecule has 1 saturated heterocycles. The van der Waals surface area contributed by atoms with Crippen molar-refractivity contribution in [2.24, 2.45) is 5.73 Å². The molecule has 2 unspecified atom stereocenters. The van der Waals surface area contributed by atoms with Crippen LogP contribution in [0.5, 0.6) is 0 Å². The molecule has 108 valence electrons. The van der Waals surface area contributed by atoms with Gasteiger partial charge in [-0.1, -0.05) is 12.5 Å². The van der Waals surface area contributed by atoms with E-state index in [1.165, 1.54) is 4.31 Å². The Kier molecular flexibility index (Phi) is 4.97. The molecule has 2 rings (SSSR count). The molecular weight excluding hydrogens is 282 g/mol. The summed E-state index contributed by atoms with van der Waals surface area (Å²) in [6.07, 6.45) is 2.81. The summed E-state index contributed by atoms with van der Waals surface area (Å²) in [7, 11) is -3.46. The molecule has 5 nitrogen and oxygen atoms in total. The summed E-state index contributed by atoms with van der Waals surface area (Å²) in [5.74, 6) is 0. The Labute approximate surface area is 119 Å². The molecule has 0 radical (unpaired) electrons. The van der Waals surface area contributed by atoms with Gasteiger partial charge in [0.05, 0.1) is 6.04 Å². The second kappa shape index (κ2) is 6.32. The van der Waals surface area contributed by atoms with Crippen LogP contribution in [0.4, 0.5) is 0 Å². The fourth-order valence-electron chi connectivity index (χ4n) is 2.41. The van der Waals surface area contributed by atoms with Gasteiger partial charge in [-0.2, -0.15) is 17.4 Å². The van der Waals surface area contributed by atoms with Crippen LogP contribution >= 0.6 is 11.3 Å². The predicted molar refractivity (Wildman–Crippen MR) is 78.2 cm³/mol. The molecule has 1 aromatic heterocycles. The lowest BCUT2D eigenvalue weighted by molar-refractivity contribution is 0.253. The van der Waals surface area contributed by atoms with E-state index in [1.54, 1.807) is 11.3 Å². The Balaban J connectivity index is 2.08. The van der Waals surface area contributed by atoms with E-state index in [4.69, 9.17) is 5.73 Å². The number of hydrogen-bond donors (Lipinski definition) is 2. The smallest absolute Gasteiger partial charge is 0.280 e. The van der Waals surface area contributed by atoms with Crippen molar-refractivity contribution in [3.05, 3.63) is 22.4 Å². The molecule has 7 heteroatoms. The Hall–Kier alpha value is -0.470. The van der Waals surface area contributed by atoms with Crippen LogP contribution in [0.2, 0.25) is 0 Å². The maximum absolute atomic E-state index is 12.4. The maximum atomic E-state index is 12.4. The number of nitrogens with zero attached hydrogens (tertiary/aromatic N) is 1. The van der Waals surface area contributed by atoms with Gasteiger partial charge in [0, 0.05) is 24.0 Å². The SMILES string of the molecule is CC(NS(=O)(=O)N1CCCCC1CN)c1cccs1. The zero-order valence-corrected chi connectivity index (χ0v) is 12.7. The molecule has 1 fully saturated rings. The quantitative estimate of drug-likeness (QED) is 0.864. The van der Waals surface area contributed by atoms with Gasteiger partial charge in [-0.05, 0) is 31.2 Å². The summed E-state index contributed by atoms with van der Waals surface area (Å²) in [6.45, 7) is 2.81. The molecule has 1 aliphatic heterocycles. The average molecular weight is 303 g/mol. The molecule has 2 heterocycles. The van der Waals surface area contributed by atoms with Crippen LogP contribution < -0.4 is 10.5 Å². The average Bonchev–Trinajstić information content (AvgIpc) is 2.92. The van der Waals surface area contributed by atoms with Crippen LogP contribution in [0.25, 0.3) is 0 Å². The van der Waals surface area contributed by atoms with E-state index in [-0.39, 0.29) is 12.1 Å². The summed E-state index contributed by atoms with van der Waals surface area (Å²) in [5.41, 5.74) is 5.68. The van der Waals surface area contributed by atoms with Gasteiger partial charge in [0.15, 0.2) is 0 Å². The molecule has 0 amide bonds. The van der Waals surface area contributed by atoms with Crippen molar-refractivity contribution in [1.82, 2.24) is 9.03 Å². The van der Waals surface area contributed by atoms with Gasteiger partial charge in [-0.25, -0.2) is 0 Å². The topological polar surface area (TPSA) is 75.4 Å². The normalized spacial score (nSPS) is 23.4.